The molecule has 6 nitrogen and oxygen atoms in total. The Labute approximate surface area is 225 Å². The molecule has 0 bridgehead atoms. The van der Waals surface area contributed by atoms with Gasteiger partial charge in [0, 0.05) is 23.3 Å². The van der Waals surface area contributed by atoms with Gasteiger partial charge >= 0.3 is 5.97 Å². The van der Waals surface area contributed by atoms with E-state index in [4.69, 9.17) is 19.9 Å². The summed E-state index contributed by atoms with van der Waals surface area (Å²) in [5, 5.41) is 9.83. The number of carbonyl (C=O) groups is 1. The van der Waals surface area contributed by atoms with E-state index in [9.17, 15) is 14.4 Å². The maximum absolute atomic E-state index is 13.9. The molecule has 0 aliphatic carbocycles. The standard InChI is InChI=1S/C32H23FN2O4/c33-28-9-5-4-8-23(28)20-37-24-13-11-22(12-14-24)31-26-16-15-25(18-29(26)39-32(35)27(31)19-34)38-30(36)17-10-21-6-2-1-3-7-21/h1-18,31H,20,35H2/b17-10+. The van der Waals surface area contributed by atoms with E-state index in [-0.39, 0.29) is 29.6 Å². The summed E-state index contributed by atoms with van der Waals surface area (Å²) >= 11 is 0. The number of benzene rings is 4. The molecule has 5 rings (SSSR count). The predicted octanol–water partition coefficient (Wildman–Crippen LogP) is 6.24. The smallest absolute Gasteiger partial charge is 0.336 e. The molecule has 192 valence electrons. The van der Waals surface area contributed by atoms with Crippen LogP contribution in [0.1, 0.15) is 28.2 Å². The normalized spacial score (nSPS) is 14.3. The number of nitrogens with zero attached hydrogens (tertiary/aromatic N) is 1. The van der Waals surface area contributed by atoms with E-state index >= 15 is 0 Å². The van der Waals surface area contributed by atoms with E-state index in [0.717, 1.165) is 11.1 Å². The molecule has 0 amide bonds. The summed E-state index contributed by atoms with van der Waals surface area (Å²) in [6, 6.07) is 30.1. The Kier molecular flexibility index (Phi) is 7.37. The summed E-state index contributed by atoms with van der Waals surface area (Å²) < 4.78 is 30.8. The number of halogens is 1. The molecular formula is C32H23FN2O4. The second-order valence-electron chi connectivity index (χ2n) is 8.74. The summed E-state index contributed by atoms with van der Waals surface area (Å²) in [4.78, 5) is 12.3. The second-order valence-corrected chi connectivity index (χ2v) is 8.74. The minimum absolute atomic E-state index is 0.0256. The number of hydrogen-bond acceptors (Lipinski definition) is 6. The minimum Gasteiger partial charge on any atom is -0.489 e. The lowest BCUT2D eigenvalue weighted by molar-refractivity contribution is -0.128. The largest absolute Gasteiger partial charge is 0.489 e. The van der Waals surface area contributed by atoms with Crippen molar-refractivity contribution in [3.05, 3.63) is 143 Å². The van der Waals surface area contributed by atoms with Crippen LogP contribution in [-0.2, 0) is 11.4 Å². The molecule has 0 spiro atoms. The molecule has 0 aromatic heterocycles. The summed E-state index contributed by atoms with van der Waals surface area (Å²) in [5.41, 5.74) is 9.17. The van der Waals surface area contributed by atoms with Crippen molar-refractivity contribution in [1.82, 2.24) is 0 Å². The van der Waals surface area contributed by atoms with Gasteiger partial charge in [0.05, 0.1) is 5.92 Å². The molecule has 0 saturated heterocycles. The summed E-state index contributed by atoms with van der Waals surface area (Å²) in [6.45, 7) is 0.0878. The van der Waals surface area contributed by atoms with Crippen molar-refractivity contribution in [3.8, 4) is 23.3 Å². The first-order valence-electron chi connectivity index (χ1n) is 12.1. The van der Waals surface area contributed by atoms with Gasteiger partial charge in [0.15, 0.2) is 0 Å². The van der Waals surface area contributed by atoms with Crippen LogP contribution in [0.15, 0.2) is 115 Å². The fourth-order valence-corrected chi connectivity index (χ4v) is 4.25. The van der Waals surface area contributed by atoms with Crippen LogP contribution in [0.5, 0.6) is 17.2 Å². The van der Waals surface area contributed by atoms with Gasteiger partial charge in [-0.1, -0.05) is 66.7 Å². The molecule has 4 aromatic carbocycles. The lowest BCUT2D eigenvalue weighted by Gasteiger charge is -2.26. The molecule has 1 aliphatic rings. The third-order valence-corrected chi connectivity index (χ3v) is 6.19. The monoisotopic (exact) mass is 518 g/mol. The summed E-state index contributed by atoms with van der Waals surface area (Å²) in [6.07, 6.45) is 3.01. The molecule has 7 heteroatoms. The Balaban J connectivity index is 1.34. The molecule has 0 radical (unpaired) electrons. The highest BCUT2D eigenvalue weighted by Gasteiger charge is 2.31. The molecule has 1 unspecified atom stereocenters. The summed E-state index contributed by atoms with van der Waals surface area (Å²) in [7, 11) is 0. The van der Waals surface area contributed by atoms with E-state index in [1.165, 1.54) is 12.1 Å². The summed E-state index contributed by atoms with van der Waals surface area (Å²) in [5.74, 6) is -0.183. The van der Waals surface area contributed by atoms with Crippen LogP contribution in [0.3, 0.4) is 0 Å². The number of esters is 1. The third-order valence-electron chi connectivity index (χ3n) is 6.19. The highest BCUT2D eigenvalue weighted by Crippen LogP contribution is 2.43. The van der Waals surface area contributed by atoms with Gasteiger partial charge in [0.1, 0.15) is 41.3 Å². The number of nitrogens with two attached hydrogens (primary N) is 1. The lowest BCUT2D eigenvalue weighted by Crippen LogP contribution is -2.21. The van der Waals surface area contributed by atoms with Crippen molar-refractivity contribution in [2.45, 2.75) is 12.5 Å². The number of ether oxygens (including phenoxy) is 3. The van der Waals surface area contributed by atoms with Crippen LogP contribution in [-0.4, -0.2) is 5.97 Å². The topological polar surface area (TPSA) is 94.6 Å². The number of rotatable bonds is 7. The first-order chi connectivity index (χ1) is 19.0. The number of carbonyl (C=O) groups excluding carboxylic acids is 1. The second kappa shape index (κ2) is 11.4. The predicted molar refractivity (Wildman–Crippen MR) is 144 cm³/mol. The van der Waals surface area contributed by atoms with Crippen molar-refractivity contribution in [2.24, 2.45) is 5.73 Å². The Hall–Kier alpha value is -5.35. The fourth-order valence-electron chi connectivity index (χ4n) is 4.25. The van der Waals surface area contributed by atoms with Gasteiger partial charge in [-0.15, -0.1) is 0 Å². The maximum atomic E-state index is 13.9. The van der Waals surface area contributed by atoms with Crippen LogP contribution in [0.4, 0.5) is 4.39 Å². The van der Waals surface area contributed by atoms with Crippen molar-refractivity contribution in [2.75, 3.05) is 0 Å². The van der Waals surface area contributed by atoms with Crippen molar-refractivity contribution in [1.29, 1.82) is 5.26 Å². The zero-order valence-electron chi connectivity index (χ0n) is 20.7. The van der Waals surface area contributed by atoms with Crippen molar-refractivity contribution >= 4 is 12.0 Å². The molecule has 1 atom stereocenters. The van der Waals surface area contributed by atoms with Crippen LogP contribution in [0, 0.1) is 17.1 Å². The van der Waals surface area contributed by atoms with Crippen LogP contribution in [0.25, 0.3) is 6.08 Å². The first-order valence-corrected chi connectivity index (χ1v) is 12.1. The number of allylic oxidation sites excluding steroid dienone is 1. The molecule has 2 N–H and O–H groups in total. The molecular weight excluding hydrogens is 495 g/mol. The quantitative estimate of drug-likeness (QED) is 0.177. The van der Waals surface area contributed by atoms with Gasteiger partial charge in [-0.2, -0.15) is 5.26 Å². The molecule has 0 saturated carbocycles. The molecule has 39 heavy (non-hydrogen) atoms. The van der Waals surface area contributed by atoms with E-state index in [1.807, 2.05) is 42.5 Å². The van der Waals surface area contributed by atoms with Gasteiger partial charge in [-0.25, -0.2) is 9.18 Å². The van der Waals surface area contributed by atoms with E-state index < -0.39 is 11.9 Å². The molecule has 4 aromatic rings. The van der Waals surface area contributed by atoms with Crippen molar-refractivity contribution in [3.63, 3.8) is 0 Å². The number of nitriles is 1. The Bertz CT molecular complexity index is 1610. The molecule has 0 fully saturated rings. The van der Waals surface area contributed by atoms with E-state index in [1.54, 1.807) is 54.6 Å². The van der Waals surface area contributed by atoms with Gasteiger partial charge in [-0.3, -0.25) is 0 Å². The highest BCUT2D eigenvalue weighted by atomic mass is 19.1. The van der Waals surface area contributed by atoms with Gasteiger partial charge in [0.25, 0.3) is 0 Å². The molecule has 1 aliphatic heterocycles. The Morgan fingerprint density at radius 2 is 1.69 bits per heavy atom. The Morgan fingerprint density at radius 1 is 0.974 bits per heavy atom. The highest BCUT2D eigenvalue weighted by molar-refractivity contribution is 5.88. The van der Waals surface area contributed by atoms with Gasteiger partial charge in [0.2, 0.25) is 5.88 Å². The van der Waals surface area contributed by atoms with Crippen LogP contribution < -0.4 is 19.9 Å². The lowest BCUT2D eigenvalue weighted by atomic mass is 9.83. The maximum Gasteiger partial charge on any atom is 0.336 e. The van der Waals surface area contributed by atoms with E-state index in [0.29, 0.717) is 22.6 Å². The minimum atomic E-state index is -0.543. The number of fused-ring (bicyclic) bond motifs is 1. The molecule has 1 heterocycles. The Morgan fingerprint density at radius 3 is 2.44 bits per heavy atom. The average Bonchev–Trinajstić information content (AvgIpc) is 2.96. The zero-order chi connectivity index (χ0) is 27.2. The third kappa shape index (κ3) is 5.81. The van der Waals surface area contributed by atoms with Crippen molar-refractivity contribution < 1.29 is 23.4 Å². The average molecular weight is 519 g/mol. The fraction of sp³-hybridized carbons (Fsp3) is 0.0625. The van der Waals surface area contributed by atoms with E-state index in [2.05, 4.69) is 6.07 Å². The van der Waals surface area contributed by atoms with Crippen LogP contribution in [0.2, 0.25) is 0 Å². The SMILES string of the molecule is N#CC1=C(N)Oc2cc(OC(=O)/C=C/c3ccccc3)ccc2C1c1ccc(OCc2ccccc2F)cc1. The first kappa shape index (κ1) is 25.3. The van der Waals surface area contributed by atoms with Gasteiger partial charge in [-0.05, 0) is 41.5 Å². The van der Waals surface area contributed by atoms with Gasteiger partial charge < -0.3 is 19.9 Å². The van der Waals surface area contributed by atoms with Crippen LogP contribution >= 0.6 is 0 Å². The number of hydrogen-bond donors (Lipinski definition) is 1. The zero-order valence-corrected chi connectivity index (χ0v) is 20.7.